The summed E-state index contributed by atoms with van der Waals surface area (Å²) in [5.74, 6) is 1.29. The summed E-state index contributed by atoms with van der Waals surface area (Å²) >= 11 is 7.36. The summed E-state index contributed by atoms with van der Waals surface area (Å²) < 4.78 is 5.39. The number of anilines is 1. The molecule has 2 heterocycles. The molecule has 0 unspecified atom stereocenters. The van der Waals surface area contributed by atoms with Crippen LogP contribution in [0.3, 0.4) is 0 Å². The number of carbonyl (C=O) groups excluding carboxylic acids is 1. The third-order valence-corrected chi connectivity index (χ3v) is 5.10. The van der Waals surface area contributed by atoms with Crippen LogP contribution in [0.5, 0.6) is 0 Å². The van der Waals surface area contributed by atoms with Gasteiger partial charge in [0.25, 0.3) is 0 Å². The maximum atomic E-state index is 12.1. The maximum absolute atomic E-state index is 12.1. The first-order valence-electron chi connectivity index (χ1n) is 8.14. The second-order valence-corrected chi connectivity index (χ2v) is 7.09. The van der Waals surface area contributed by atoms with Crippen LogP contribution in [0.25, 0.3) is 0 Å². The number of hydrogen-bond donors (Lipinski definition) is 1. The molecule has 1 saturated heterocycles. The number of benzene rings is 1. The molecule has 5 nitrogen and oxygen atoms in total. The summed E-state index contributed by atoms with van der Waals surface area (Å²) in [5.41, 5.74) is 1.02. The molecule has 0 spiro atoms. The number of nitrogens with zero attached hydrogens (tertiary/aromatic N) is 2. The Kier molecular flexibility index (Phi) is 6.55. The van der Waals surface area contributed by atoms with Crippen molar-refractivity contribution in [1.82, 2.24) is 10.3 Å². The molecule has 1 aromatic carbocycles. The minimum Gasteiger partial charge on any atom is -0.378 e. The highest BCUT2D eigenvalue weighted by molar-refractivity contribution is 8.00. The molecule has 0 radical (unpaired) electrons. The molecule has 0 aliphatic carbocycles. The van der Waals surface area contributed by atoms with Crippen LogP contribution in [0.15, 0.2) is 47.5 Å². The number of amides is 1. The van der Waals surface area contributed by atoms with Crippen LogP contribution in [-0.4, -0.2) is 42.9 Å². The van der Waals surface area contributed by atoms with Gasteiger partial charge in [0.2, 0.25) is 5.91 Å². The molecular formula is C18H20ClN3O2S. The smallest absolute Gasteiger partial charge is 0.230 e. The molecule has 1 amide bonds. The van der Waals surface area contributed by atoms with E-state index in [2.05, 4.69) is 15.2 Å². The monoisotopic (exact) mass is 377 g/mol. The van der Waals surface area contributed by atoms with Crippen LogP contribution >= 0.6 is 23.4 Å². The molecule has 1 aromatic heterocycles. The fourth-order valence-corrected chi connectivity index (χ4v) is 3.41. The predicted molar refractivity (Wildman–Crippen MR) is 101 cm³/mol. The third-order valence-electron chi connectivity index (χ3n) is 3.84. The summed E-state index contributed by atoms with van der Waals surface area (Å²) in [5, 5.41) is 3.67. The molecule has 132 valence electrons. The van der Waals surface area contributed by atoms with Crippen LogP contribution in [0.1, 0.15) is 5.56 Å². The number of nitrogens with one attached hydrogen (secondary N) is 1. The zero-order chi connectivity index (χ0) is 17.5. The molecule has 1 aliphatic heterocycles. The van der Waals surface area contributed by atoms with E-state index in [1.54, 1.807) is 6.20 Å². The molecule has 0 atom stereocenters. The van der Waals surface area contributed by atoms with E-state index in [9.17, 15) is 4.79 Å². The molecule has 25 heavy (non-hydrogen) atoms. The first kappa shape index (κ1) is 18.0. The van der Waals surface area contributed by atoms with E-state index >= 15 is 0 Å². The number of morpholine rings is 1. The van der Waals surface area contributed by atoms with Crippen molar-refractivity contribution in [1.29, 1.82) is 0 Å². The number of halogens is 1. The van der Waals surface area contributed by atoms with Crippen molar-refractivity contribution < 1.29 is 9.53 Å². The van der Waals surface area contributed by atoms with E-state index in [-0.39, 0.29) is 5.91 Å². The van der Waals surface area contributed by atoms with Gasteiger partial charge in [0.1, 0.15) is 5.82 Å². The lowest BCUT2D eigenvalue weighted by molar-refractivity contribution is -0.118. The van der Waals surface area contributed by atoms with E-state index in [1.807, 2.05) is 36.4 Å². The minimum absolute atomic E-state index is 0.00303. The molecular weight excluding hydrogens is 358 g/mol. The largest absolute Gasteiger partial charge is 0.378 e. The number of hydrogen-bond acceptors (Lipinski definition) is 5. The van der Waals surface area contributed by atoms with E-state index in [4.69, 9.17) is 16.3 Å². The van der Waals surface area contributed by atoms with Crippen molar-refractivity contribution in [2.24, 2.45) is 0 Å². The summed E-state index contributed by atoms with van der Waals surface area (Å²) in [4.78, 5) is 19.8. The fraction of sp³-hybridized carbons (Fsp3) is 0.333. The lowest BCUT2D eigenvalue weighted by atomic mass is 10.2. The number of carbonyl (C=O) groups is 1. The standard InChI is InChI=1S/C18H20ClN3O2S/c19-15-3-5-16(6-4-15)25-13-17(23)21-12-14-2-1-7-20-18(14)22-8-10-24-11-9-22/h1-7H,8-13H2,(H,21,23). The fourth-order valence-electron chi connectivity index (χ4n) is 2.55. The quantitative estimate of drug-likeness (QED) is 0.784. The molecule has 0 saturated carbocycles. The number of thioether (sulfide) groups is 1. The maximum Gasteiger partial charge on any atom is 0.230 e. The highest BCUT2D eigenvalue weighted by atomic mass is 35.5. The number of rotatable bonds is 6. The minimum atomic E-state index is -0.00303. The van der Waals surface area contributed by atoms with E-state index < -0.39 is 0 Å². The Labute approximate surface area is 156 Å². The van der Waals surface area contributed by atoms with Crippen LogP contribution in [-0.2, 0) is 16.1 Å². The van der Waals surface area contributed by atoms with Gasteiger partial charge in [-0.25, -0.2) is 4.98 Å². The molecule has 3 rings (SSSR count). The second kappa shape index (κ2) is 9.08. The van der Waals surface area contributed by atoms with E-state index in [0.717, 1.165) is 29.4 Å². The zero-order valence-corrected chi connectivity index (χ0v) is 15.4. The van der Waals surface area contributed by atoms with Gasteiger partial charge in [-0.2, -0.15) is 0 Å². The Morgan fingerprint density at radius 2 is 2.00 bits per heavy atom. The van der Waals surface area contributed by atoms with Crippen LogP contribution < -0.4 is 10.2 Å². The van der Waals surface area contributed by atoms with Gasteiger partial charge in [-0.1, -0.05) is 17.7 Å². The Balaban J connectivity index is 1.52. The van der Waals surface area contributed by atoms with Crippen molar-refractivity contribution in [3.63, 3.8) is 0 Å². The van der Waals surface area contributed by atoms with Crippen molar-refractivity contribution in [3.8, 4) is 0 Å². The zero-order valence-electron chi connectivity index (χ0n) is 13.8. The molecule has 0 bridgehead atoms. The lowest BCUT2D eigenvalue weighted by Crippen LogP contribution is -2.38. The van der Waals surface area contributed by atoms with Crippen LogP contribution in [0.2, 0.25) is 5.02 Å². The normalized spacial score (nSPS) is 14.4. The Morgan fingerprint density at radius 3 is 2.76 bits per heavy atom. The summed E-state index contributed by atoms with van der Waals surface area (Å²) in [6, 6.07) is 11.4. The van der Waals surface area contributed by atoms with Gasteiger partial charge in [-0.05, 0) is 30.3 Å². The van der Waals surface area contributed by atoms with E-state index in [0.29, 0.717) is 30.5 Å². The molecule has 1 fully saturated rings. The molecule has 7 heteroatoms. The summed E-state index contributed by atoms with van der Waals surface area (Å²) in [6.45, 7) is 3.54. The lowest BCUT2D eigenvalue weighted by Gasteiger charge is -2.29. The Morgan fingerprint density at radius 1 is 1.24 bits per heavy atom. The van der Waals surface area contributed by atoms with Crippen LogP contribution in [0.4, 0.5) is 5.82 Å². The van der Waals surface area contributed by atoms with Gasteiger partial charge in [0, 0.05) is 41.3 Å². The third kappa shape index (κ3) is 5.36. The average molecular weight is 378 g/mol. The van der Waals surface area contributed by atoms with Crippen LogP contribution in [0, 0.1) is 0 Å². The first-order chi connectivity index (χ1) is 12.2. The molecule has 1 aliphatic rings. The first-order valence-corrected chi connectivity index (χ1v) is 9.50. The van der Waals surface area contributed by atoms with Crippen molar-refractivity contribution in [3.05, 3.63) is 53.2 Å². The Bertz CT molecular complexity index is 706. The topological polar surface area (TPSA) is 54.5 Å². The second-order valence-electron chi connectivity index (χ2n) is 5.60. The van der Waals surface area contributed by atoms with E-state index in [1.165, 1.54) is 11.8 Å². The van der Waals surface area contributed by atoms with Crippen molar-refractivity contribution in [2.75, 3.05) is 37.0 Å². The summed E-state index contributed by atoms with van der Waals surface area (Å²) in [7, 11) is 0. The summed E-state index contributed by atoms with van der Waals surface area (Å²) in [6.07, 6.45) is 1.78. The van der Waals surface area contributed by atoms with Gasteiger partial charge in [0.15, 0.2) is 0 Å². The highest BCUT2D eigenvalue weighted by Crippen LogP contribution is 2.21. The highest BCUT2D eigenvalue weighted by Gasteiger charge is 2.16. The number of aromatic nitrogens is 1. The molecule has 2 aromatic rings. The Hall–Kier alpha value is -1.76. The van der Waals surface area contributed by atoms with Gasteiger partial charge >= 0.3 is 0 Å². The van der Waals surface area contributed by atoms with Gasteiger partial charge < -0.3 is 15.0 Å². The van der Waals surface area contributed by atoms with Gasteiger partial charge in [-0.3, -0.25) is 4.79 Å². The molecule has 1 N–H and O–H groups in total. The predicted octanol–water partition coefficient (Wildman–Crippen LogP) is 2.98. The SMILES string of the molecule is O=C(CSc1ccc(Cl)cc1)NCc1cccnc1N1CCOCC1. The number of pyridine rings is 1. The van der Waals surface area contributed by atoms with Crippen molar-refractivity contribution in [2.45, 2.75) is 11.4 Å². The van der Waals surface area contributed by atoms with Crippen molar-refractivity contribution >= 4 is 35.1 Å². The van der Waals surface area contributed by atoms with Gasteiger partial charge in [0.05, 0.1) is 19.0 Å². The number of ether oxygens (including phenoxy) is 1. The van der Waals surface area contributed by atoms with Gasteiger partial charge in [-0.15, -0.1) is 11.8 Å². The average Bonchev–Trinajstić information content (AvgIpc) is 2.67.